The van der Waals surface area contributed by atoms with E-state index in [2.05, 4.69) is 10.3 Å². The van der Waals surface area contributed by atoms with Crippen LogP contribution < -0.4 is 16.2 Å². The van der Waals surface area contributed by atoms with Crippen molar-refractivity contribution >= 4 is 16.0 Å². The molecule has 0 bridgehead atoms. The molecule has 0 heterocycles. The lowest BCUT2D eigenvalue weighted by Crippen LogP contribution is -2.38. The van der Waals surface area contributed by atoms with Gasteiger partial charge >= 0.3 is 0 Å². The molecular weight excluding hydrogens is 276 g/mol. The number of hydrogen-bond acceptors (Lipinski definition) is 3. The summed E-state index contributed by atoms with van der Waals surface area (Å²) in [7, 11) is -3.64. The number of guanidine groups is 1. The van der Waals surface area contributed by atoms with Crippen LogP contribution in [0.5, 0.6) is 0 Å². The van der Waals surface area contributed by atoms with Crippen LogP contribution in [0.2, 0.25) is 0 Å². The number of sulfonamides is 1. The van der Waals surface area contributed by atoms with E-state index in [-0.39, 0.29) is 4.90 Å². The molecule has 20 heavy (non-hydrogen) atoms. The third-order valence-electron chi connectivity index (χ3n) is 3.39. The molecule has 1 fully saturated rings. The van der Waals surface area contributed by atoms with E-state index in [9.17, 15) is 8.42 Å². The van der Waals surface area contributed by atoms with E-state index in [1.165, 1.54) is 25.0 Å². The fourth-order valence-corrected chi connectivity index (χ4v) is 2.80. The maximum absolute atomic E-state index is 11.1. The highest BCUT2D eigenvalue weighted by Gasteiger charge is 2.14. The van der Waals surface area contributed by atoms with E-state index in [1.54, 1.807) is 12.1 Å². The average molecular weight is 296 g/mol. The van der Waals surface area contributed by atoms with Crippen molar-refractivity contribution in [3.05, 3.63) is 29.8 Å². The van der Waals surface area contributed by atoms with Crippen LogP contribution in [0, 0.1) is 0 Å². The Labute approximate surface area is 119 Å². The van der Waals surface area contributed by atoms with Gasteiger partial charge in [-0.05, 0) is 30.5 Å². The van der Waals surface area contributed by atoms with E-state index in [4.69, 9.17) is 10.9 Å². The maximum Gasteiger partial charge on any atom is 0.238 e. The van der Waals surface area contributed by atoms with Gasteiger partial charge < -0.3 is 11.1 Å². The smallest absolute Gasteiger partial charge is 0.238 e. The molecule has 0 aromatic heterocycles. The lowest BCUT2D eigenvalue weighted by molar-refractivity contribution is 0.597. The average Bonchev–Trinajstić information content (AvgIpc) is 2.88. The summed E-state index contributed by atoms with van der Waals surface area (Å²) >= 11 is 0. The van der Waals surface area contributed by atoms with Crippen molar-refractivity contribution in [2.24, 2.45) is 15.9 Å². The van der Waals surface area contributed by atoms with Gasteiger partial charge in [0.2, 0.25) is 10.0 Å². The second kappa shape index (κ2) is 6.23. The van der Waals surface area contributed by atoms with Crippen LogP contribution in [0.4, 0.5) is 0 Å². The van der Waals surface area contributed by atoms with E-state index in [0.717, 1.165) is 18.4 Å². The van der Waals surface area contributed by atoms with Crippen molar-refractivity contribution in [2.75, 3.05) is 0 Å². The Balaban J connectivity index is 1.92. The molecule has 0 aliphatic heterocycles. The molecule has 2 rings (SSSR count). The Bertz CT molecular complexity index is 575. The second-order valence-corrected chi connectivity index (χ2v) is 6.58. The van der Waals surface area contributed by atoms with E-state index in [0.29, 0.717) is 18.5 Å². The number of hydrogen-bond donors (Lipinski definition) is 3. The Kier molecular flexibility index (Phi) is 4.61. The van der Waals surface area contributed by atoms with Gasteiger partial charge in [0.1, 0.15) is 0 Å². The first-order valence-electron chi connectivity index (χ1n) is 6.63. The summed E-state index contributed by atoms with van der Waals surface area (Å²) in [6.45, 7) is 0.413. The number of benzene rings is 1. The highest BCUT2D eigenvalue weighted by Crippen LogP contribution is 2.17. The quantitative estimate of drug-likeness (QED) is 0.560. The first kappa shape index (κ1) is 14.8. The molecule has 7 heteroatoms. The van der Waals surface area contributed by atoms with E-state index >= 15 is 0 Å². The topological polar surface area (TPSA) is 111 Å². The largest absolute Gasteiger partial charge is 0.370 e. The Hall–Kier alpha value is -1.60. The summed E-state index contributed by atoms with van der Waals surface area (Å²) < 4.78 is 22.2. The lowest BCUT2D eigenvalue weighted by Gasteiger charge is -2.12. The molecule has 5 N–H and O–H groups in total. The molecule has 0 unspecified atom stereocenters. The third kappa shape index (κ3) is 4.21. The molecule has 1 aliphatic rings. The van der Waals surface area contributed by atoms with Gasteiger partial charge in [-0.15, -0.1) is 0 Å². The van der Waals surface area contributed by atoms with Crippen LogP contribution in [0.25, 0.3) is 0 Å². The van der Waals surface area contributed by atoms with Gasteiger partial charge in [-0.3, -0.25) is 0 Å². The zero-order valence-electron chi connectivity index (χ0n) is 11.2. The third-order valence-corrected chi connectivity index (χ3v) is 4.32. The number of primary sulfonamides is 1. The first-order valence-corrected chi connectivity index (χ1v) is 8.18. The zero-order valence-corrected chi connectivity index (χ0v) is 12.1. The van der Waals surface area contributed by atoms with Gasteiger partial charge in [0.05, 0.1) is 11.4 Å². The number of rotatable bonds is 4. The Morgan fingerprint density at radius 2 is 1.85 bits per heavy atom. The summed E-state index contributed by atoms with van der Waals surface area (Å²) in [4.78, 5) is 4.35. The van der Waals surface area contributed by atoms with Gasteiger partial charge in [0.15, 0.2) is 5.96 Å². The van der Waals surface area contributed by atoms with Gasteiger partial charge in [-0.25, -0.2) is 18.5 Å². The summed E-state index contributed by atoms with van der Waals surface area (Å²) in [6, 6.07) is 6.75. The van der Waals surface area contributed by atoms with Crippen LogP contribution in [-0.4, -0.2) is 20.4 Å². The van der Waals surface area contributed by atoms with Crippen LogP contribution >= 0.6 is 0 Å². The predicted octanol–water partition coefficient (Wildman–Crippen LogP) is 0.681. The fourth-order valence-electron chi connectivity index (χ4n) is 2.29. The molecule has 1 aromatic rings. The van der Waals surface area contributed by atoms with Crippen molar-refractivity contribution in [2.45, 2.75) is 43.2 Å². The van der Waals surface area contributed by atoms with E-state index < -0.39 is 10.0 Å². The zero-order chi connectivity index (χ0) is 14.6. The van der Waals surface area contributed by atoms with Crippen molar-refractivity contribution in [1.29, 1.82) is 0 Å². The molecule has 6 nitrogen and oxygen atoms in total. The molecule has 1 saturated carbocycles. The Morgan fingerprint density at radius 3 is 2.40 bits per heavy atom. The van der Waals surface area contributed by atoms with E-state index in [1.807, 2.05) is 0 Å². The molecule has 0 radical (unpaired) electrons. The van der Waals surface area contributed by atoms with Crippen LogP contribution in [0.1, 0.15) is 31.2 Å². The van der Waals surface area contributed by atoms with Gasteiger partial charge in [-0.1, -0.05) is 25.0 Å². The Morgan fingerprint density at radius 1 is 1.25 bits per heavy atom. The summed E-state index contributed by atoms with van der Waals surface area (Å²) in [5.41, 5.74) is 6.71. The van der Waals surface area contributed by atoms with Gasteiger partial charge in [-0.2, -0.15) is 0 Å². The van der Waals surface area contributed by atoms with Crippen molar-refractivity contribution in [3.8, 4) is 0 Å². The van der Waals surface area contributed by atoms with Crippen LogP contribution in [-0.2, 0) is 16.6 Å². The summed E-state index contributed by atoms with van der Waals surface area (Å²) in [5, 5.41) is 8.23. The first-order chi connectivity index (χ1) is 9.45. The number of aliphatic imine (C=N–C) groups is 1. The molecule has 0 atom stereocenters. The SMILES string of the molecule is NC(=NCc1ccc(S(N)(=O)=O)cc1)NC1CCCC1. The number of nitrogens with one attached hydrogen (secondary N) is 1. The van der Waals surface area contributed by atoms with Gasteiger partial charge in [0.25, 0.3) is 0 Å². The summed E-state index contributed by atoms with van der Waals surface area (Å²) in [5.74, 6) is 0.437. The number of nitrogens with two attached hydrogens (primary N) is 2. The summed E-state index contributed by atoms with van der Waals surface area (Å²) in [6.07, 6.45) is 4.75. The monoisotopic (exact) mass is 296 g/mol. The van der Waals surface area contributed by atoms with Crippen LogP contribution in [0.3, 0.4) is 0 Å². The van der Waals surface area contributed by atoms with Crippen molar-refractivity contribution in [3.63, 3.8) is 0 Å². The van der Waals surface area contributed by atoms with Crippen molar-refractivity contribution in [1.82, 2.24) is 5.32 Å². The molecule has 0 saturated heterocycles. The standard InChI is InChI=1S/C13H20N4O2S/c14-13(17-11-3-1-2-4-11)16-9-10-5-7-12(8-6-10)20(15,18)19/h5-8,11H,1-4,9H2,(H3,14,16,17)(H2,15,18,19). The minimum atomic E-state index is -3.64. The van der Waals surface area contributed by atoms with Crippen molar-refractivity contribution < 1.29 is 8.42 Å². The fraction of sp³-hybridized carbons (Fsp3) is 0.462. The molecule has 0 amide bonds. The lowest BCUT2D eigenvalue weighted by atomic mass is 10.2. The number of nitrogens with zero attached hydrogens (tertiary/aromatic N) is 1. The molecule has 0 spiro atoms. The second-order valence-electron chi connectivity index (χ2n) is 5.02. The maximum atomic E-state index is 11.1. The molecular formula is C13H20N4O2S. The minimum absolute atomic E-state index is 0.0993. The highest BCUT2D eigenvalue weighted by molar-refractivity contribution is 7.89. The predicted molar refractivity (Wildman–Crippen MR) is 78.5 cm³/mol. The highest BCUT2D eigenvalue weighted by atomic mass is 32.2. The van der Waals surface area contributed by atoms with Crippen LogP contribution in [0.15, 0.2) is 34.2 Å². The molecule has 1 aliphatic carbocycles. The molecule has 110 valence electrons. The normalized spacial score (nSPS) is 17.4. The van der Waals surface area contributed by atoms with Gasteiger partial charge in [0, 0.05) is 6.04 Å². The molecule has 1 aromatic carbocycles. The minimum Gasteiger partial charge on any atom is -0.370 e.